The Bertz CT molecular complexity index is 780. The fourth-order valence-electron chi connectivity index (χ4n) is 2.10. The number of thiazole rings is 1. The summed E-state index contributed by atoms with van der Waals surface area (Å²) in [6.07, 6.45) is 3.93. The number of nitrogens with zero attached hydrogens (tertiary/aromatic N) is 2. The SMILES string of the molecule is NC(=O)Cc1csc(NC(=O)c2coc(NC(=O)C3CCC3)n2)n1. The van der Waals surface area contributed by atoms with Crippen molar-refractivity contribution in [3.8, 4) is 0 Å². The van der Waals surface area contributed by atoms with E-state index >= 15 is 0 Å². The summed E-state index contributed by atoms with van der Waals surface area (Å²) in [7, 11) is 0. The van der Waals surface area contributed by atoms with Gasteiger partial charge in [-0.1, -0.05) is 6.42 Å². The highest BCUT2D eigenvalue weighted by Crippen LogP contribution is 2.27. The number of amides is 3. The lowest BCUT2D eigenvalue weighted by molar-refractivity contribution is -0.122. The molecular weight excluding hydrogens is 334 g/mol. The molecule has 0 spiro atoms. The van der Waals surface area contributed by atoms with Crippen molar-refractivity contribution in [2.45, 2.75) is 25.7 Å². The Morgan fingerprint density at radius 3 is 2.75 bits per heavy atom. The summed E-state index contributed by atoms with van der Waals surface area (Å²) >= 11 is 1.17. The third-order valence-corrected chi connectivity index (χ3v) is 4.38. The molecular formula is C14H15N5O4S. The second kappa shape index (κ2) is 6.79. The van der Waals surface area contributed by atoms with Crippen molar-refractivity contribution in [1.29, 1.82) is 0 Å². The fourth-order valence-corrected chi connectivity index (χ4v) is 2.80. The van der Waals surface area contributed by atoms with Crippen molar-refractivity contribution in [3.63, 3.8) is 0 Å². The van der Waals surface area contributed by atoms with Crippen molar-refractivity contribution < 1.29 is 18.8 Å². The Kier molecular flexibility index (Phi) is 4.56. The maximum absolute atomic E-state index is 12.1. The molecule has 126 valence electrons. The van der Waals surface area contributed by atoms with Crippen LogP contribution in [0.2, 0.25) is 0 Å². The normalized spacial score (nSPS) is 14.0. The standard InChI is InChI=1S/C14H15N5O4S/c15-10(20)4-8-6-24-14(16-8)19-12(22)9-5-23-13(17-9)18-11(21)7-2-1-3-7/h5-7H,1-4H2,(H2,15,20)(H,16,19,22)(H,17,18,21). The Morgan fingerprint density at radius 2 is 2.08 bits per heavy atom. The van der Waals surface area contributed by atoms with Crippen LogP contribution in [-0.4, -0.2) is 27.7 Å². The van der Waals surface area contributed by atoms with Crippen LogP contribution in [0.3, 0.4) is 0 Å². The largest absolute Gasteiger partial charge is 0.431 e. The fraction of sp³-hybridized carbons (Fsp3) is 0.357. The number of primary amides is 1. The van der Waals surface area contributed by atoms with E-state index in [1.807, 2.05) is 0 Å². The highest BCUT2D eigenvalue weighted by molar-refractivity contribution is 7.14. The number of anilines is 2. The highest BCUT2D eigenvalue weighted by atomic mass is 32.1. The van der Waals surface area contributed by atoms with Crippen LogP contribution in [0, 0.1) is 5.92 Å². The molecule has 0 radical (unpaired) electrons. The number of hydrogen-bond acceptors (Lipinski definition) is 7. The van der Waals surface area contributed by atoms with Crippen LogP contribution in [0.4, 0.5) is 11.1 Å². The molecule has 3 amide bonds. The number of nitrogens with two attached hydrogens (primary N) is 1. The van der Waals surface area contributed by atoms with E-state index in [0.717, 1.165) is 25.5 Å². The molecule has 4 N–H and O–H groups in total. The molecule has 1 aliphatic carbocycles. The third-order valence-electron chi connectivity index (χ3n) is 3.57. The molecule has 1 fully saturated rings. The van der Waals surface area contributed by atoms with E-state index in [0.29, 0.717) is 10.8 Å². The van der Waals surface area contributed by atoms with Crippen molar-refractivity contribution in [3.05, 3.63) is 23.0 Å². The van der Waals surface area contributed by atoms with E-state index in [1.165, 1.54) is 11.3 Å². The summed E-state index contributed by atoms with van der Waals surface area (Å²) in [4.78, 5) is 42.7. The summed E-state index contributed by atoms with van der Waals surface area (Å²) in [5.74, 6) is -1.18. The molecule has 3 rings (SSSR count). The molecule has 0 saturated heterocycles. The second-order valence-electron chi connectivity index (χ2n) is 5.40. The number of nitrogens with one attached hydrogen (secondary N) is 2. The van der Waals surface area contributed by atoms with Crippen LogP contribution < -0.4 is 16.4 Å². The van der Waals surface area contributed by atoms with E-state index in [1.54, 1.807) is 5.38 Å². The predicted octanol–water partition coefficient (Wildman–Crippen LogP) is 1.15. The second-order valence-corrected chi connectivity index (χ2v) is 6.25. The molecule has 0 unspecified atom stereocenters. The van der Waals surface area contributed by atoms with Gasteiger partial charge in [0.15, 0.2) is 10.8 Å². The molecule has 0 atom stereocenters. The number of carbonyl (C=O) groups excluding carboxylic acids is 3. The smallest absolute Gasteiger partial charge is 0.302 e. The van der Waals surface area contributed by atoms with E-state index in [9.17, 15) is 14.4 Å². The number of hydrogen-bond donors (Lipinski definition) is 3. The van der Waals surface area contributed by atoms with Crippen molar-refractivity contribution in [2.75, 3.05) is 10.6 Å². The average molecular weight is 349 g/mol. The van der Waals surface area contributed by atoms with E-state index in [2.05, 4.69) is 20.6 Å². The summed E-state index contributed by atoms with van der Waals surface area (Å²) in [6, 6.07) is -0.00870. The predicted molar refractivity (Wildman–Crippen MR) is 85.4 cm³/mol. The van der Waals surface area contributed by atoms with Gasteiger partial charge in [-0.2, -0.15) is 4.98 Å². The first-order valence-electron chi connectivity index (χ1n) is 7.31. The van der Waals surface area contributed by atoms with Gasteiger partial charge in [0.25, 0.3) is 5.91 Å². The number of aromatic nitrogens is 2. The van der Waals surface area contributed by atoms with Gasteiger partial charge >= 0.3 is 6.01 Å². The molecule has 2 aromatic rings. The quantitative estimate of drug-likeness (QED) is 0.714. The monoisotopic (exact) mass is 349 g/mol. The molecule has 0 aromatic carbocycles. The number of oxazole rings is 1. The zero-order valence-corrected chi connectivity index (χ0v) is 13.4. The first-order valence-corrected chi connectivity index (χ1v) is 8.19. The molecule has 1 aliphatic rings. The lowest BCUT2D eigenvalue weighted by atomic mass is 9.85. The van der Waals surface area contributed by atoms with Crippen LogP contribution in [0.25, 0.3) is 0 Å². The van der Waals surface area contributed by atoms with Crippen LogP contribution in [0.15, 0.2) is 16.1 Å². The van der Waals surface area contributed by atoms with Gasteiger partial charge in [0, 0.05) is 11.3 Å². The third kappa shape index (κ3) is 3.77. The van der Waals surface area contributed by atoms with Crippen molar-refractivity contribution in [2.24, 2.45) is 11.7 Å². The van der Waals surface area contributed by atoms with Crippen molar-refractivity contribution >= 4 is 40.2 Å². The van der Waals surface area contributed by atoms with Crippen LogP contribution in [0.1, 0.15) is 35.4 Å². The molecule has 9 nitrogen and oxygen atoms in total. The lowest BCUT2D eigenvalue weighted by Gasteiger charge is -2.22. The van der Waals surface area contributed by atoms with Gasteiger partial charge in [0.2, 0.25) is 11.8 Å². The summed E-state index contributed by atoms with van der Waals surface area (Å²) in [6.45, 7) is 0. The first kappa shape index (κ1) is 16.1. The lowest BCUT2D eigenvalue weighted by Crippen LogP contribution is -2.28. The van der Waals surface area contributed by atoms with Gasteiger partial charge in [0.1, 0.15) is 6.26 Å². The van der Waals surface area contributed by atoms with E-state index in [-0.39, 0.29) is 30.0 Å². The van der Waals surface area contributed by atoms with Crippen LogP contribution >= 0.6 is 11.3 Å². The highest BCUT2D eigenvalue weighted by Gasteiger charge is 2.26. The van der Waals surface area contributed by atoms with Gasteiger partial charge in [-0.15, -0.1) is 11.3 Å². The minimum Gasteiger partial charge on any atom is -0.431 e. The molecule has 2 aromatic heterocycles. The molecule has 10 heteroatoms. The Labute approximate surface area is 140 Å². The van der Waals surface area contributed by atoms with Crippen molar-refractivity contribution in [1.82, 2.24) is 9.97 Å². The maximum atomic E-state index is 12.1. The average Bonchev–Trinajstić information content (AvgIpc) is 3.05. The Morgan fingerprint density at radius 1 is 1.29 bits per heavy atom. The molecule has 2 heterocycles. The first-order chi connectivity index (χ1) is 11.5. The summed E-state index contributed by atoms with van der Waals surface area (Å²) < 4.78 is 5.09. The van der Waals surface area contributed by atoms with Gasteiger partial charge < -0.3 is 10.2 Å². The van der Waals surface area contributed by atoms with Gasteiger partial charge in [-0.05, 0) is 12.8 Å². The molecule has 0 bridgehead atoms. The summed E-state index contributed by atoms with van der Waals surface area (Å²) in [5.41, 5.74) is 5.59. The van der Waals surface area contributed by atoms with E-state index < -0.39 is 11.8 Å². The van der Waals surface area contributed by atoms with Crippen LogP contribution in [0.5, 0.6) is 0 Å². The van der Waals surface area contributed by atoms with Gasteiger partial charge in [0.05, 0.1) is 12.1 Å². The zero-order valence-electron chi connectivity index (χ0n) is 12.6. The topological polar surface area (TPSA) is 140 Å². The molecule has 0 aliphatic heterocycles. The number of rotatable bonds is 6. The maximum Gasteiger partial charge on any atom is 0.302 e. The Balaban J connectivity index is 1.58. The van der Waals surface area contributed by atoms with Gasteiger partial charge in [-0.25, -0.2) is 4.98 Å². The minimum atomic E-state index is -0.525. The minimum absolute atomic E-state index is 0.00632. The number of carbonyl (C=O) groups is 3. The van der Waals surface area contributed by atoms with Crippen LogP contribution in [-0.2, 0) is 16.0 Å². The van der Waals surface area contributed by atoms with Gasteiger partial charge in [-0.3, -0.25) is 25.0 Å². The zero-order chi connectivity index (χ0) is 17.1. The molecule has 1 saturated carbocycles. The Hall–Kier alpha value is -2.75. The molecule has 24 heavy (non-hydrogen) atoms. The summed E-state index contributed by atoms with van der Waals surface area (Å²) in [5, 5.41) is 7.04. The van der Waals surface area contributed by atoms with E-state index in [4.69, 9.17) is 10.2 Å².